The summed E-state index contributed by atoms with van der Waals surface area (Å²) >= 11 is 0. The van der Waals surface area contributed by atoms with Crippen molar-refractivity contribution < 1.29 is 19.8 Å². The lowest BCUT2D eigenvalue weighted by Gasteiger charge is -2.29. The predicted molar refractivity (Wildman–Crippen MR) is 96.6 cm³/mol. The molecule has 0 saturated carbocycles. The quantitative estimate of drug-likeness (QED) is 0.794. The smallest absolute Gasteiger partial charge is 0.335 e. The van der Waals surface area contributed by atoms with Crippen molar-refractivity contribution in [2.24, 2.45) is 0 Å². The second-order valence-electron chi connectivity index (χ2n) is 5.66. The van der Waals surface area contributed by atoms with Gasteiger partial charge in [-0.3, -0.25) is 0 Å². The zero-order valence-electron chi connectivity index (χ0n) is 14.1. The van der Waals surface area contributed by atoms with Crippen LogP contribution in [-0.4, -0.2) is 48.3 Å². The number of anilines is 1. The van der Waals surface area contributed by atoms with E-state index in [4.69, 9.17) is 10.2 Å². The van der Waals surface area contributed by atoms with E-state index < -0.39 is 11.9 Å². The van der Waals surface area contributed by atoms with Crippen LogP contribution in [0.4, 0.5) is 5.69 Å². The molecule has 2 aromatic carbocycles. The minimum absolute atomic E-state index is 0.0277. The van der Waals surface area contributed by atoms with Crippen molar-refractivity contribution in [2.75, 3.05) is 31.1 Å². The summed E-state index contributed by atoms with van der Waals surface area (Å²) in [6.07, 6.45) is 0. The molecule has 3 N–H and O–H groups in total. The number of hydrogen-bond donors (Lipinski definition) is 3. The van der Waals surface area contributed by atoms with Gasteiger partial charge in [0.2, 0.25) is 0 Å². The van der Waals surface area contributed by atoms with Crippen LogP contribution < -0.4 is 10.2 Å². The molecule has 3 rings (SSSR count). The van der Waals surface area contributed by atoms with Crippen molar-refractivity contribution in [3.63, 3.8) is 0 Å². The monoisotopic (exact) mass is 342 g/mol. The Morgan fingerprint density at radius 3 is 1.88 bits per heavy atom. The van der Waals surface area contributed by atoms with Crippen LogP contribution in [0.2, 0.25) is 0 Å². The van der Waals surface area contributed by atoms with E-state index in [1.807, 2.05) is 0 Å². The van der Waals surface area contributed by atoms with Crippen LogP contribution in [-0.2, 0) is 0 Å². The molecule has 0 spiro atoms. The van der Waals surface area contributed by atoms with Gasteiger partial charge in [-0.05, 0) is 36.8 Å². The van der Waals surface area contributed by atoms with Crippen molar-refractivity contribution in [2.45, 2.75) is 6.92 Å². The molecule has 0 aliphatic carbocycles. The lowest BCUT2D eigenvalue weighted by molar-refractivity contribution is 0.0696. The molecule has 0 radical (unpaired) electrons. The van der Waals surface area contributed by atoms with Crippen LogP contribution in [0.25, 0.3) is 0 Å². The maximum Gasteiger partial charge on any atom is 0.335 e. The van der Waals surface area contributed by atoms with Crippen LogP contribution in [0.3, 0.4) is 0 Å². The third-order valence-corrected chi connectivity index (χ3v) is 4.03. The Bertz CT molecular complexity index is 693. The lowest BCUT2D eigenvalue weighted by atomic mass is 10.0. The van der Waals surface area contributed by atoms with E-state index in [1.54, 1.807) is 0 Å². The largest absolute Gasteiger partial charge is 0.478 e. The highest BCUT2D eigenvalue weighted by molar-refractivity contribution is 5.96. The number of carboxylic acid groups (broad SMARTS) is 2. The van der Waals surface area contributed by atoms with Gasteiger partial charge in [-0.25, -0.2) is 9.59 Å². The van der Waals surface area contributed by atoms with E-state index in [9.17, 15) is 9.59 Å². The van der Waals surface area contributed by atoms with Gasteiger partial charge in [0.1, 0.15) is 0 Å². The van der Waals surface area contributed by atoms with Crippen molar-refractivity contribution >= 4 is 17.6 Å². The van der Waals surface area contributed by atoms with Crippen LogP contribution >= 0.6 is 0 Å². The summed E-state index contributed by atoms with van der Waals surface area (Å²) in [6, 6.07) is 14.8. The minimum Gasteiger partial charge on any atom is -0.478 e. The molecule has 0 amide bonds. The van der Waals surface area contributed by atoms with E-state index in [0.717, 1.165) is 26.2 Å². The van der Waals surface area contributed by atoms with Crippen molar-refractivity contribution in [3.05, 3.63) is 65.2 Å². The zero-order valence-corrected chi connectivity index (χ0v) is 14.1. The standard InChI is InChI=1S/C10H14N2.C9H8O4/c1-2-4-10(5-3-1)12-8-6-11-7-9-12;1-5-6(8(10)11)3-2-4-7(5)9(12)13/h1-5,11H,6-9H2;2-4H,1H3,(H,10,11)(H,12,13). The Balaban J connectivity index is 0.000000181. The molecule has 0 atom stereocenters. The van der Waals surface area contributed by atoms with Gasteiger partial charge in [0, 0.05) is 31.9 Å². The lowest BCUT2D eigenvalue weighted by Crippen LogP contribution is -2.43. The Labute approximate surface area is 146 Å². The highest BCUT2D eigenvalue weighted by atomic mass is 16.4. The molecule has 0 bridgehead atoms. The fourth-order valence-corrected chi connectivity index (χ4v) is 2.66. The first kappa shape index (κ1) is 18.5. The molecule has 1 aliphatic rings. The first-order chi connectivity index (χ1) is 12.0. The molecule has 1 aliphatic heterocycles. The average Bonchev–Trinajstić information content (AvgIpc) is 2.63. The van der Waals surface area contributed by atoms with Gasteiger partial charge in [-0.15, -0.1) is 0 Å². The van der Waals surface area contributed by atoms with Crippen LogP contribution in [0.1, 0.15) is 26.3 Å². The molecule has 0 aromatic heterocycles. The van der Waals surface area contributed by atoms with E-state index in [2.05, 4.69) is 40.5 Å². The van der Waals surface area contributed by atoms with Gasteiger partial charge in [-0.1, -0.05) is 24.3 Å². The maximum atomic E-state index is 10.6. The number of carbonyl (C=O) groups is 2. The summed E-state index contributed by atoms with van der Waals surface area (Å²) in [5.41, 5.74) is 1.68. The molecule has 1 fully saturated rings. The first-order valence-corrected chi connectivity index (χ1v) is 8.07. The number of hydrogen-bond acceptors (Lipinski definition) is 4. The van der Waals surface area contributed by atoms with Gasteiger partial charge in [0.05, 0.1) is 11.1 Å². The molecule has 25 heavy (non-hydrogen) atoms. The van der Waals surface area contributed by atoms with E-state index >= 15 is 0 Å². The Morgan fingerprint density at radius 2 is 1.40 bits per heavy atom. The summed E-state index contributed by atoms with van der Waals surface area (Å²) in [5, 5.41) is 20.7. The second kappa shape index (κ2) is 8.84. The van der Waals surface area contributed by atoms with E-state index in [1.165, 1.54) is 30.8 Å². The SMILES string of the molecule is Cc1c(C(=O)O)cccc1C(=O)O.c1ccc(N2CCNCC2)cc1. The summed E-state index contributed by atoms with van der Waals surface area (Å²) in [5.74, 6) is -2.22. The average molecular weight is 342 g/mol. The second-order valence-corrected chi connectivity index (χ2v) is 5.66. The number of benzene rings is 2. The molecular formula is C19H22N2O4. The van der Waals surface area contributed by atoms with Gasteiger partial charge in [0.15, 0.2) is 0 Å². The number of carboxylic acids is 2. The molecule has 1 heterocycles. The molecule has 1 saturated heterocycles. The van der Waals surface area contributed by atoms with E-state index in [-0.39, 0.29) is 16.7 Å². The van der Waals surface area contributed by atoms with Crippen molar-refractivity contribution in [3.8, 4) is 0 Å². The number of para-hydroxylation sites is 1. The number of nitrogens with zero attached hydrogens (tertiary/aromatic N) is 1. The Hall–Kier alpha value is -2.86. The third kappa shape index (κ3) is 5.06. The summed E-state index contributed by atoms with van der Waals surface area (Å²) < 4.78 is 0. The normalized spacial score (nSPS) is 13.6. The Morgan fingerprint density at radius 1 is 0.880 bits per heavy atom. The molecule has 6 nitrogen and oxygen atoms in total. The predicted octanol–water partition coefficient (Wildman–Crippen LogP) is 2.49. The number of rotatable bonds is 3. The third-order valence-electron chi connectivity index (χ3n) is 4.03. The zero-order chi connectivity index (χ0) is 18.2. The fraction of sp³-hybridized carbons (Fsp3) is 0.263. The van der Waals surface area contributed by atoms with Gasteiger partial charge in [-0.2, -0.15) is 0 Å². The molecule has 0 unspecified atom stereocenters. The Kier molecular flexibility index (Phi) is 6.54. The highest BCUT2D eigenvalue weighted by Gasteiger charge is 2.13. The summed E-state index contributed by atoms with van der Waals surface area (Å²) in [7, 11) is 0. The van der Waals surface area contributed by atoms with Crippen LogP contribution in [0.15, 0.2) is 48.5 Å². The summed E-state index contributed by atoms with van der Waals surface area (Å²) in [6.45, 7) is 5.95. The van der Waals surface area contributed by atoms with Crippen LogP contribution in [0.5, 0.6) is 0 Å². The summed E-state index contributed by atoms with van der Waals surface area (Å²) in [4.78, 5) is 23.6. The molecular weight excluding hydrogens is 320 g/mol. The topological polar surface area (TPSA) is 89.9 Å². The van der Waals surface area contributed by atoms with E-state index in [0.29, 0.717) is 0 Å². The van der Waals surface area contributed by atoms with Gasteiger partial charge in [0.25, 0.3) is 0 Å². The highest BCUT2D eigenvalue weighted by Crippen LogP contribution is 2.14. The molecule has 6 heteroatoms. The van der Waals surface area contributed by atoms with Gasteiger partial charge >= 0.3 is 11.9 Å². The van der Waals surface area contributed by atoms with Gasteiger partial charge < -0.3 is 20.4 Å². The first-order valence-electron chi connectivity index (χ1n) is 8.07. The van der Waals surface area contributed by atoms with Crippen molar-refractivity contribution in [1.82, 2.24) is 5.32 Å². The number of piperazine rings is 1. The molecule has 2 aromatic rings. The van der Waals surface area contributed by atoms with Crippen LogP contribution in [0, 0.1) is 6.92 Å². The van der Waals surface area contributed by atoms with Crippen molar-refractivity contribution in [1.29, 1.82) is 0 Å². The minimum atomic E-state index is -1.11. The fourth-order valence-electron chi connectivity index (χ4n) is 2.66. The maximum absolute atomic E-state index is 10.6. The number of aromatic carboxylic acids is 2. The molecule has 132 valence electrons. The number of nitrogens with one attached hydrogen (secondary N) is 1.